The summed E-state index contributed by atoms with van der Waals surface area (Å²) in [5.74, 6) is 1.09. The fourth-order valence-corrected chi connectivity index (χ4v) is 2.21. The van der Waals surface area contributed by atoms with Crippen LogP contribution in [-0.4, -0.2) is 24.6 Å². The molecule has 5 nitrogen and oxygen atoms in total. The van der Waals surface area contributed by atoms with Gasteiger partial charge < -0.3 is 15.4 Å². The molecule has 0 amide bonds. The third kappa shape index (κ3) is 4.94. The van der Waals surface area contributed by atoms with E-state index in [-0.39, 0.29) is 12.4 Å². The zero-order valence-corrected chi connectivity index (χ0v) is 14.3. The number of aliphatic imine (C=N–C) groups is 1. The summed E-state index contributed by atoms with van der Waals surface area (Å²) < 4.78 is 19.3. The first-order chi connectivity index (χ1) is 11.6. The van der Waals surface area contributed by atoms with Crippen molar-refractivity contribution >= 4 is 5.96 Å². The number of hydrogen-bond acceptors (Lipinski definition) is 3. The summed E-state index contributed by atoms with van der Waals surface area (Å²) >= 11 is 0. The molecule has 0 aliphatic carbocycles. The summed E-state index contributed by atoms with van der Waals surface area (Å²) in [4.78, 5) is 8.16. The molecule has 6 heteroatoms. The first-order valence-corrected chi connectivity index (χ1v) is 7.90. The number of pyridine rings is 1. The Labute approximate surface area is 142 Å². The van der Waals surface area contributed by atoms with Crippen molar-refractivity contribution in [3.05, 3.63) is 59.2 Å². The van der Waals surface area contributed by atoms with E-state index in [2.05, 4.69) is 20.6 Å². The van der Waals surface area contributed by atoms with Crippen molar-refractivity contribution in [3.8, 4) is 5.75 Å². The Bertz CT molecular complexity index is 703. The molecule has 0 spiro atoms. The first kappa shape index (κ1) is 17.7. The fourth-order valence-electron chi connectivity index (χ4n) is 2.21. The summed E-state index contributed by atoms with van der Waals surface area (Å²) in [6.45, 7) is 5.42. The van der Waals surface area contributed by atoms with E-state index in [0.29, 0.717) is 24.8 Å². The molecule has 128 valence electrons. The van der Waals surface area contributed by atoms with Gasteiger partial charge in [0.15, 0.2) is 5.96 Å². The second-order valence-corrected chi connectivity index (χ2v) is 5.26. The van der Waals surface area contributed by atoms with Gasteiger partial charge in [-0.25, -0.2) is 4.39 Å². The molecule has 0 atom stereocenters. The van der Waals surface area contributed by atoms with Crippen LogP contribution in [0.2, 0.25) is 0 Å². The number of halogens is 1. The molecular weight excluding hydrogens is 307 g/mol. The molecule has 1 heterocycles. The molecule has 0 radical (unpaired) electrons. The highest BCUT2D eigenvalue weighted by Crippen LogP contribution is 2.20. The minimum Gasteiger partial charge on any atom is -0.494 e. The first-order valence-electron chi connectivity index (χ1n) is 7.90. The minimum atomic E-state index is -0.336. The van der Waals surface area contributed by atoms with Crippen LogP contribution in [0.5, 0.6) is 5.75 Å². The number of nitrogens with one attached hydrogen (secondary N) is 2. The van der Waals surface area contributed by atoms with E-state index in [1.165, 1.54) is 6.07 Å². The Hall–Kier alpha value is -2.63. The third-order valence-corrected chi connectivity index (χ3v) is 3.45. The van der Waals surface area contributed by atoms with Gasteiger partial charge in [-0.05, 0) is 37.6 Å². The number of aromatic nitrogens is 1. The average molecular weight is 330 g/mol. The molecule has 2 N–H and O–H groups in total. The molecule has 0 bridgehead atoms. The molecule has 1 aromatic heterocycles. The average Bonchev–Trinajstić information content (AvgIpc) is 2.58. The van der Waals surface area contributed by atoms with Gasteiger partial charge in [-0.15, -0.1) is 0 Å². The second-order valence-electron chi connectivity index (χ2n) is 5.26. The van der Waals surface area contributed by atoms with Gasteiger partial charge in [-0.3, -0.25) is 9.98 Å². The van der Waals surface area contributed by atoms with E-state index < -0.39 is 0 Å². The van der Waals surface area contributed by atoms with Crippen LogP contribution in [0.1, 0.15) is 23.7 Å². The van der Waals surface area contributed by atoms with Crippen molar-refractivity contribution < 1.29 is 9.13 Å². The SMILES string of the molecule is CCOc1cc(C)ccc1CNC(=NC)NCc1ncccc1F. The number of benzene rings is 1. The molecule has 0 fully saturated rings. The van der Waals surface area contributed by atoms with Crippen LogP contribution < -0.4 is 15.4 Å². The molecular formula is C18H23FN4O. The van der Waals surface area contributed by atoms with Crippen LogP contribution >= 0.6 is 0 Å². The van der Waals surface area contributed by atoms with Gasteiger partial charge in [0.2, 0.25) is 0 Å². The van der Waals surface area contributed by atoms with Gasteiger partial charge in [-0.1, -0.05) is 12.1 Å². The smallest absolute Gasteiger partial charge is 0.191 e. The van der Waals surface area contributed by atoms with Crippen molar-refractivity contribution in [2.24, 2.45) is 4.99 Å². The lowest BCUT2D eigenvalue weighted by atomic mass is 10.1. The fraction of sp³-hybridized carbons (Fsp3) is 0.333. The highest BCUT2D eigenvalue weighted by atomic mass is 19.1. The van der Waals surface area contributed by atoms with E-state index in [0.717, 1.165) is 16.9 Å². The summed E-state index contributed by atoms with van der Waals surface area (Å²) in [7, 11) is 1.67. The lowest BCUT2D eigenvalue weighted by molar-refractivity contribution is 0.336. The van der Waals surface area contributed by atoms with Crippen molar-refractivity contribution in [1.82, 2.24) is 15.6 Å². The normalized spacial score (nSPS) is 11.2. The van der Waals surface area contributed by atoms with Gasteiger partial charge in [0.25, 0.3) is 0 Å². The molecule has 2 aromatic rings. The largest absolute Gasteiger partial charge is 0.494 e. The predicted molar refractivity (Wildman–Crippen MR) is 93.6 cm³/mol. The standard InChI is InChI=1S/C18H23FN4O/c1-4-24-17-10-13(2)7-8-14(17)11-22-18(20-3)23-12-16-15(19)6-5-9-21-16/h5-10H,4,11-12H2,1-3H3,(H2,20,22,23). The Balaban J connectivity index is 1.96. The van der Waals surface area contributed by atoms with Gasteiger partial charge in [0.05, 0.1) is 18.8 Å². The van der Waals surface area contributed by atoms with Crippen molar-refractivity contribution in [1.29, 1.82) is 0 Å². The van der Waals surface area contributed by atoms with E-state index in [1.807, 2.05) is 32.0 Å². The molecule has 1 aromatic carbocycles. The molecule has 0 unspecified atom stereocenters. The number of guanidine groups is 1. The quantitative estimate of drug-likeness (QED) is 0.632. The predicted octanol–water partition coefficient (Wildman–Crippen LogP) is 2.79. The van der Waals surface area contributed by atoms with Crippen LogP contribution in [0.3, 0.4) is 0 Å². The molecule has 0 saturated carbocycles. The highest BCUT2D eigenvalue weighted by molar-refractivity contribution is 5.79. The molecule has 0 aliphatic rings. The maximum atomic E-state index is 13.6. The number of hydrogen-bond donors (Lipinski definition) is 2. The maximum absolute atomic E-state index is 13.6. The molecule has 2 rings (SSSR count). The monoisotopic (exact) mass is 330 g/mol. The van der Waals surface area contributed by atoms with Crippen LogP contribution in [0.4, 0.5) is 4.39 Å². The van der Waals surface area contributed by atoms with E-state index in [4.69, 9.17) is 4.74 Å². The Kier molecular flexibility index (Phi) is 6.54. The Morgan fingerprint density at radius 2 is 2.04 bits per heavy atom. The molecule has 0 aliphatic heterocycles. The highest BCUT2D eigenvalue weighted by Gasteiger charge is 2.07. The summed E-state index contributed by atoms with van der Waals surface area (Å²) in [5, 5.41) is 6.26. The Morgan fingerprint density at radius 1 is 1.25 bits per heavy atom. The topological polar surface area (TPSA) is 58.5 Å². The van der Waals surface area contributed by atoms with Gasteiger partial charge >= 0.3 is 0 Å². The van der Waals surface area contributed by atoms with Gasteiger partial charge in [0, 0.05) is 25.4 Å². The summed E-state index contributed by atoms with van der Waals surface area (Å²) in [5.41, 5.74) is 2.54. The molecule has 0 saturated heterocycles. The van der Waals surface area contributed by atoms with Crippen LogP contribution in [-0.2, 0) is 13.1 Å². The number of nitrogens with zero attached hydrogens (tertiary/aromatic N) is 2. The maximum Gasteiger partial charge on any atom is 0.191 e. The minimum absolute atomic E-state index is 0.262. The number of ether oxygens (including phenoxy) is 1. The number of aryl methyl sites for hydroxylation is 1. The van der Waals surface area contributed by atoms with Crippen molar-refractivity contribution in [2.75, 3.05) is 13.7 Å². The summed E-state index contributed by atoms with van der Waals surface area (Å²) in [6, 6.07) is 9.04. The van der Waals surface area contributed by atoms with Gasteiger partial charge in [0.1, 0.15) is 11.6 Å². The van der Waals surface area contributed by atoms with E-state index in [1.54, 1.807) is 19.3 Å². The van der Waals surface area contributed by atoms with Crippen LogP contribution in [0.15, 0.2) is 41.5 Å². The van der Waals surface area contributed by atoms with Gasteiger partial charge in [-0.2, -0.15) is 0 Å². The van der Waals surface area contributed by atoms with E-state index in [9.17, 15) is 4.39 Å². The number of rotatable bonds is 6. The zero-order chi connectivity index (χ0) is 17.4. The van der Waals surface area contributed by atoms with Crippen LogP contribution in [0.25, 0.3) is 0 Å². The molecule has 24 heavy (non-hydrogen) atoms. The summed E-state index contributed by atoms with van der Waals surface area (Å²) in [6.07, 6.45) is 1.57. The van der Waals surface area contributed by atoms with Crippen molar-refractivity contribution in [3.63, 3.8) is 0 Å². The third-order valence-electron chi connectivity index (χ3n) is 3.45. The Morgan fingerprint density at radius 3 is 2.75 bits per heavy atom. The van der Waals surface area contributed by atoms with Crippen molar-refractivity contribution in [2.45, 2.75) is 26.9 Å². The second kappa shape index (κ2) is 8.86. The van der Waals surface area contributed by atoms with Crippen LogP contribution in [0, 0.1) is 12.7 Å². The lowest BCUT2D eigenvalue weighted by Gasteiger charge is -2.15. The lowest BCUT2D eigenvalue weighted by Crippen LogP contribution is -2.36. The zero-order valence-electron chi connectivity index (χ0n) is 14.3. The van der Waals surface area contributed by atoms with E-state index >= 15 is 0 Å².